The number of nitrogens with one attached hydrogen (secondary N) is 2. The summed E-state index contributed by atoms with van der Waals surface area (Å²) in [5.74, 6) is 2.50. The summed E-state index contributed by atoms with van der Waals surface area (Å²) in [7, 11) is 1.96. The SMILES string of the molecule is C=CCNC(=NCc1nnc(C)n1C)NC1CC(OCCCC)C1(C)C. The fourth-order valence-electron chi connectivity index (χ4n) is 3.01. The predicted molar refractivity (Wildman–Crippen MR) is 105 cm³/mol. The van der Waals surface area contributed by atoms with Crippen molar-refractivity contribution in [2.45, 2.75) is 65.6 Å². The molecule has 2 N–H and O–H groups in total. The van der Waals surface area contributed by atoms with E-state index in [1.54, 1.807) is 0 Å². The summed E-state index contributed by atoms with van der Waals surface area (Å²) in [6.45, 7) is 14.4. The highest BCUT2D eigenvalue weighted by atomic mass is 16.5. The average Bonchev–Trinajstić information content (AvgIpc) is 2.93. The van der Waals surface area contributed by atoms with Gasteiger partial charge in [-0.15, -0.1) is 16.8 Å². The molecule has 0 amide bonds. The lowest BCUT2D eigenvalue weighted by atomic mass is 9.64. The number of aliphatic imine (C=N–C) groups is 1. The van der Waals surface area contributed by atoms with E-state index in [0.29, 0.717) is 25.2 Å². The van der Waals surface area contributed by atoms with E-state index in [9.17, 15) is 0 Å². The van der Waals surface area contributed by atoms with Crippen LogP contribution in [-0.4, -0.2) is 46.0 Å². The molecule has 1 heterocycles. The Morgan fingerprint density at radius 2 is 2.23 bits per heavy atom. The van der Waals surface area contributed by atoms with E-state index in [-0.39, 0.29) is 5.41 Å². The normalized spacial score (nSPS) is 22.0. The molecule has 1 aliphatic rings. The molecular weight excluding hydrogens is 328 g/mol. The summed E-state index contributed by atoms with van der Waals surface area (Å²) in [5, 5.41) is 15.1. The second-order valence-electron chi connectivity index (χ2n) is 7.52. The molecule has 7 nitrogen and oxygen atoms in total. The van der Waals surface area contributed by atoms with Gasteiger partial charge in [0.1, 0.15) is 12.4 Å². The van der Waals surface area contributed by atoms with Gasteiger partial charge in [-0.3, -0.25) is 0 Å². The van der Waals surface area contributed by atoms with Crippen LogP contribution in [0.1, 0.15) is 51.7 Å². The Morgan fingerprint density at radius 1 is 1.46 bits per heavy atom. The first-order valence-electron chi connectivity index (χ1n) is 9.52. The van der Waals surface area contributed by atoms with Crippen molar-refractivity contribution < 1.29 is 4.74 Å². The van der Waals surface area contributed by atoms with Crippen molar-refractivity contribution in [3.05, 3.63) is 24.3 Å². The molecule has 1 aromatic rings. The summed E-state index contributed by atoms with van der Waals surface area (Å²) in [6, 6.07) is 0.325. The van der Waals surface area contributed by atoms with E-state index < -0.39 is 0 Å². The van der Waals surface area contributed by atoms with Gasteiger partial charge < -0.3 is 19.9 Å². The number of hydrogen-bond acceptors (Lipinski definition) is 4. The van der Waals surface area contributed by atoms with E-state index in [1.807, 2.05) is 24.6 Å². The van der Waals surface area contributed by atoms with Gasteiger partial charge in [0.15, 0.2) is 11.8 Å². The Morgan fingerprint density at radius 3 is 2.81 bits per heavy atom. The third-order valence-corrected chi connectivity index (χ3v) is 5.28. The zero-order valence-corrected chi connectivity index (χ0v) is 16.9. The minimum absolute atomic E-state index is 0.0751. The molecule has 0 bridgehead atoms. The second kappa shape index (κ2) is 9.16. The van der Waals surface area contributed by atoms with Gasteiger partial charge in [-0.25, -0.2) is 4.99 Å². The van der Waals surface area contributed by atoms with Gasteiger partial charge in [-0.05, 0) is 19.8 Å². The fourth-order valence-corrected chi connectivity index (χ4v) is 3.01. The molecule has 0 radical (unpaired) electrons. The molecule has 0 saturated heterocycles. The number of guanidine groups is 1. The Bertz CT molecular complexity index is 622. The van der Waals surface area contributed by atoms with Crippen molar-refractivity contribution in [1.29, 1.82) is 0 Å². The molecule has 2 unspecified atom stereocenters. The van der Waals surface area contributed by atoms with Crippen LogP contribution in [0, 0.1) is 12.3 Å². The number of aromatic nitrogens is 3. The van der Waals surface area contributed by atoms with Crippen molar-refractivity contribution in [1.82, 2.24) is 25.4 Å². The van der Waals surface area contributed by atoms with Gasteiger partial charge in [0.05, 0.1) is 6.10 Å². The van der Waals surface area contributed by atoms with Gasteiger partial charge in [-0.2, -0.15) is 0 Å². The van der Waals surface area contributed by atoms with E-state index in [4.69, 9.17) is 4.74 Å². The van der Waals surface area contributed by atoms with Gasteiger partial charge in [0.25, 0.3) is 0 Å². The van der Waals surface area contributed by atoms with E-state index in [1.165, 1.54) is 6.42 Å². The highest BCUT2D eigenvalue weighted by molar-refractivity contribution is 5.80. The minimum atomic E-state index is 0.0751. The number of ether oxygens (including phenoxy) is 1. The van der Waals surface area contributed by atoms with Crippen LogP contribution in [0.15, 0.2) is 17.6 Å². The summed E-state index contributed by atoms with van der Waals surface area (Å²) >= 11 is 0. The maximum atomic E-state index is 6.04. The molecule has 146 valence electrons. The van der Waals surface area contributed by atoms with E-state index in [2.05, 4.69) is 53.2 Å². The highest BCUT2D eigenvalue weighted by Gasteiger charge is 2.49. The first-order chi connectivity index (χ1) is 12.4. The van der Waals surface area contributed by atoms with Crippen LogP contribution in [0.3, 0.4) is 0 Å². The van der Waals surface area contributed by atoms with Crippen molar-refractivity contribution >= 4 is 5.96 Å². The zero-order chi connectivity index (χ0) is 19.2. The second-order valence-corrected chi connectivity index (χ2v) is 7.52. The van der Waals surface area contributed by atoms with Crippen molar-refractivity contribution in [2.75, 3.05) is 13.2 Å². The Kier molecular flexibility index (Phi) is 7.20. The third-order valence-electron chi connectivity index (χ3n) is 5.28. The standard InChI is InChI=1S/C19H34N6O/c1-7-9-11-26-16-12-15(19(16,4)5)22-18(20-10-8-2)21-13-17-24-23-14(3)25(17)6/h8,15-16H,2,7,9-13H2,1,3-6H3,(H2,20,21,22). The van der Waals surface area contributed by atoms with Crippen molar-refractivity contribution in [2.24, 2.45) is 17.5 Å². The number of aryl methyl sites for hydroxylation is 1. The van der Waals surface area contributed by atoms with E-state index >= 15 is 0 Å². The van der Waals surface area contributed by atoms with Crippen LogP contribution in [0.5, 0.6) is 0 Å². The number of rotatable bonds is 9. The highest BCUT2D eigenvalue weighted by Crippen LogP contribution is 2.42. The molecular formula is C19H34N6O. The van der Waals surface area contributed by atoms with Crippen molar-refractivity contribution in [3.8, 4) is 0 Å². The fraction of sp³-hybridized carbons (Fsp3) is 0.737. The molecule has 0 spiro atoms. The van der Waals surface area contributed by atoms with Gasteiger partial charge in [0, 0.05) is 31.7 Å². The number of hydrogen-bond donors (Lipinski definition) is 2. The Hall–Kier alpha value is -1.89. The van der Waals surface area contributed by atoms with Crippen LogP contribution in [0.25, 0.3) is 0 Å². The smallest absolute Gasteiger partial charge is 0.192 e. The molecule has 1 aromatic heterocycles. The molecule has 1 aliphatic carbocycles. The zero-order valence-electron chi connectivity index (χ0n) is 16.9. The monoisotopic (exact) mass is 362 g/mol. The van der Waals surface area contributed by atoms with Crippen LogP contribution in [0.2, 0.25) is 0 Å². The van der Waals surface area contributed by atoms with Crippen LogP contribution >= 0.6 is 0 Å². The maximum absolute atomic E-state index is 6.04. The first-order valence-corrected chi connectivity index (χ1v) is 9.52. The summed E-state index contributed by atoms with van der Waals surface area (Å²) < 4.78 is 7.99. The number of unbranched alkanes of at least 4 members (excludes halogenated alkanes) is 1. The Balaban J connectivity index is 1.96. The maximum Gasteiger partial charge on any atom is 0.192 e. The first kappa shape index (κ1) is 20.4. The molecule has 0 aromatic carbocycles. The van der Waals surface area contributed by atoms with Gasteiger partial charge in [0.2, 0.25) is 0 Å². The van der Waals surface area contributed by atoms with Crippen LogP contribution < -0.4 is 10.6 Å². The number of nitrogens with zero attached hydrogens (tertiary/aromatic N) is 4. The predicted octanol–water partition coefficient (Wildman–Crippen LogP) is 2.33. The topological polar surface area (TPSA) is 76.4 Å². The lowest BCUT2D eigenvalue weighted by Gasteiger charge is -2.52. The third kappa shape index (κ3) is 4.84. The molecule has 1 saturated carbocycles. The van der Waals surface area contributed by atoms with Crippen LogP contribution in [0.4, 0.5) is 0 Å². The lowest BCUT2D eigenvalue weighted by molar-refractivity contribution is -0.113. The average molecular weight is 363 g/mol. The quantitative estimate of drug-likeness (QED) is 0.305. The summed E-state index contributed by atoms with van der Waals surface area (Å²) in [6.07, 6.45) is 5.41. The van der Waals surface area contributed by atoms with Crippen molar-refractivity contribution in [3.63, 3.8) is 0 Å². The largest absolute Gasteiger partial charge is 0.378 e. The molecule has 7 heteroatoms. The van der Waals surface area contributed by atoms with Crippen LogP contribution in [-0.2, 0) is 18.3 Å². The molecule has 26 heavy (non-hydrogen) atoms. The lowest BCUT2D eigenvalue weighted by Crippen LogP contribution is -2.63. The minimum Gasteiger partial charge on any atom is -0.378 e. The molecule has 2 atom stereocenters. The molecule has 2 rings (SSSR count). The summed E-state index contributed by atoms with van der Waals surface area (Å²) in [5.41, 5.74) is 0.0751. The summed E-state index contributed by atoms with van der Waals surface area (Å²) in [4.78, 5) is 4.68. The molecule has 1 fully saturated rings. The van der Waals surface area contributed by atoms with E-state index in [0.717, 1.165) is 37.1 Å². The Labute approximate surface area is 157 Å². The van der Waals surface area contributed by atoms with Gasteiger partial charge in [-0.1, -0.05) is 33.3 Å². The molecule has 0 aliphatic heterocycles. The van der Waals surface area contributed by atoms with Gasteiger partial charge >= 0.3 is 0 Å².